The first kappa shape index (κ1) is 16.5. The zero-order chi connectivity index (χ0) is 17.3. The summed E-state index contributed by atoms with van der Waals surface area (Å²) in [7, 11) is 0. The van der Waals surface area contributed by atoms with Crippen LogP contribution in [0.15, 0.2) is 24.3 Å². The van der Waals surface area contributed by atoms with Crippen LogP contribution in [0, 0.1) is 12.8 Å². The molecule has 0 spiro atoms. The number of carboxylic acids is 1. The lowest BCUT2D eigenvalue weighted by Gasteiger charge is -2.42. The van der Waals surface area contributed by atoms with Crippen molar-refractivity contribution in [3.8, 4) is 0 Å². The van der Waals surface area contributed by atoms with Crippen LogP contribution in [0.1, 0.15) is 37.7 Å². The maximum atomic E-state index is 12.5. The first-order valence-electron chi connectivity index (χ1n) is 8.29. The molecular weight excluding hydrogens is 308 g/mol. The van der Waals surface area contributed by atoms with Crippen molar-refractivity contribution in [1.82, 2.24) is 5.32 Å². The second-order valence-corrected chi connectivity index (χ2v) is 6.93. The number of aryl methyl sites for hydroxylation is 1. The van der Waals surface area contributed by atoms with Gasteiger partial charge in [0.1, 0.15) is 0 Å². The van der Waals surface area contributed by atoms with E-state index in [1.165, 1.54) is 0 Å². The van der Waals surface area contributed by atoms with Gasteiger partial charge in [-0.05, 0) is 38.3 Å². The van der Waals surface area contributed by atoms with Gasteiger partial charge in [0.05, 0.1) is 17.9 Å². The van der Waals surface area contributed by atoms with E-state index in [-0.39, 0.29) is 24.7 Å². The third-order valence-corrected chi connectivity index (χ3v) is 5.03. The number of hydrogen-bond acceptors (Lipinski definition) is 3. The van der Waals surface area contributed by atoms with Crippen molar-refractivity contribution in [2.45, 2.75) is 44.6 Å². The summed E-state index contributed by atoms with van der Waals surface area (Å²) in [6.07, 6.45) is 2.41. The Morgan fingerprint density at radius 1 is 1.29 bits per heavy atom. The van der Waals surface area contributed by atoms with Crippen LogP contribution in [0.5, 0.6) is 0 Å². The Morgan fingerprint density at radius 2 is 1.96 bits per heavy atom. The third kappa shape index (κ3) is 3.27. The second kappa shape index (κ2) is 6.26. The summed E-state index contributed by atoms with van der Waals surface area (Å²) in [4.78, 5) is 37.4. The van der Waals surface area contributed by atoms with Crippen LogP contribution in [0.3, 0.4) is 0 Å². The molecule has 1 aromatic rings. The van der Waals surface area contributed by atoms with E-state index in [2.05, 4.69) is 5.32 Å². The number of nitrogens with one attached hydrogen (secondary N) is 1. The molecule has 1 aliphatic heterocycles. The summed E-state index contributed by atoms with van der Waals surface area (Å²) >= 11 is 0. The zero-order valence-corrected chi connectivity index (χ0v) is 13.7. The van der Waals surface area contributed by atoms with Gasteiger partial charge in [-0.15, -0.1) is 0 Å². The van der Waals surface area contributed by atoms with Gasteiger partial charge in [0.15, 0.2) is 0 Å². The molecule has 2 N–H and O–H groups in total. The first-order valence-corrected chi connectivity index (χ1v) is 8.29. The summed E-state index contributed by atoms with van der Waals surface area (Å²) < 4.78 is 0. The minimum atomic E-state index is -0.904. The van der Waals surface area contributed by atoms with Crippen LogP contribution in [-0.2, 0) is 14.4 Å². The summed E-state index contributed by atoms with van der Waals surface area (Å²) in [6, 6.07) is 7.63. The lowest BCUT2D eigenvalue weighted by Crippen LogP contribution is -2.56. The number of carboxylic acid groups (broad SMARTS) is 1. The maximum Gasteiger partial charge on any atom is 0.305 e. The lowest BCUT2D eigenvalue weighted by molar-refractivity contribution is -0.141. The molecule has 0 aromatic heterocycles. The van der Waals surface area contributed by atoms with Crippen LogP contribution in [0.4, 0.5) is 5.69 Å². The van der Waals surface area contributed by atoms with Crippen LogP contribution in [0.2, 0.25) is 0 Å². The Balaban J connectivity index is 1.65. The quantitative estimate of drug-likeness (QED) is 0.863. The number of rotatable bonds is 5. The molecule has 24 heavy (non-hydrogen) atoms. The average Bonchev–Trinajstić information content (AvgIpc) is 2.87. The van der Waals surface area contributed by atoms with E-state index in [4.69, 9.17) is 5.11 Å². The number of nitrogens with zero attached hydrogens (tertiary/aromatic N) is 1. The van der Waals surface area contributed by atoms with Gasteiger partial charge in [0, 0.05) is 18.7 Å². The highest BCUT2D eigenvalue weighted by atomic mass is 16.4. The smallest absolute Gasteiger partial charge is 0.305 e. The fraction of sp³-hybridized carbons (Fsp3) is 0.500. The molecule has 1 heterocycles. The standard InChI is InChI=1S/C18H22N2O4/c1-12-3-5-14(6-4-12)20-11-13(9-15(20)21)17(24)19-18(7-2-8-18)10-16(22)23/h3-6,13H,2,7-11H2,1H3,(H,19,24)(H,22,23). The van der Waals surface area contributed by atoms with Crippen molar-refractivity contribution in [2.24, 2.45) is 5.92 Å². The number of hydrogen-bond donors (Lipinski definition) is 2. The molecule has 6 heteroatoms. The molecule has 0 radical (unpaired) electrons. The molecular formula is C18H22N2O4. The SMILES string of the molecule is Cc1ccc(N2CC(C(=O)NC3(CC(=O)O)CCC3)CC2=O)cc1. The van der Waals surface area contributed by atoms with Gasteiger partial charge in [0.25, 0.3) is 0 Å². The Kier molecular flexibility index (Phi) is 4.30. The van der Waals surface area contributed by atoms with Crippen LogP contribution in [-0.4, -0.2) is 35.0 Å². The number of amides is 2. The van der Waals surface area contributed by atoms with E-state index in [9.17, 15) is 14.4 Å². The molecule has 1 unspecified atom stereocenters. The van der Waals surface area contributed by atoms with Gasteiger partial charge in [-0.1, -0.05) is 17.7 Å². The van der Waals surface area contributed by atoms with Crippen molar-refractivity contribution in [3.63, 3.8) is 0 Å². The van der Waals surface area contributed by atoms with E-state index in [1.54, 1.807) is 4.90 Å². The maximum absolute atomic E-state index is 12.5. The fourth-order valence-corrected chi connectivity index (χ4v) is 3.46. The van der Waals surface area contributed by atoms with E-state index >= 15 is 0 Å². The number of anilines is 1. The van der Waals surface area contributed by atoms with Crippen molar-refractivity contribution >= 4 is 23.5 Å². The third-order valence-electron chi connectivity index (χ3n) is 5.03. The Morgan fingerprint density at radius 3 is 2.50 bits per heavy atom. The topological polar surface area (TPSA) is 86.7 Å². The Labute approximate surface area is 140 Å². The monoisotopic (exact) mass is 330 g/mol. The minimum Gasteiger partial charge on any atom is -0.481 e. The van der Waals surface area contributed by atoms with Crippen LogP contribution in [0.25, 0.3) is 0 Å². The van der Waals surface area contributed by atoms with E-state index in [0.717, 1.165) is 17.7 Å². The summed E-state index contributed by atoms with van der Waals surface area (Å²) in [6.45, 7) is 2.32. The van der Waals surface area contributed by atoms with Gasteiger partial charge in [-0.3, -0.25) is 14.4 Å². The highest BCUT2D eigenvalue weighted by molar-refractivity contribution is 6.00. The van der Waals surface area contributed by atoms with Gasteiger partial charge in [-0.25, -0.2) is 0 Å². The van der Waals surface area contributed by atoms with Crippen molar-refractivity contribution in [3.05, 3.63) is 29.8 Å². The molecule has 2 aliphatic rings. The number of aliphatic carboxylic acids is 1. The van der Waals surface area contributed by atoms with E-state index < -0.39 is 17.4 Å². The lowest BCUT2D eigenvalue weighted by atomic mass is 9.74. The highest BCUT2D eigenvalue weighted by Crippen LogP contribution is 2.36. The first-order chi connectivity index (χ1) is 11.4. The van der Waals surface area contributed by atoms with Crippen LogP contribution < -0.4 is 10.2 Å². The summed E-state index contributed by atoms with van der Waals surface area (Å²) in [5.41, 5.74) is 1.29. The summed E-state index contributed by atoms with van der Waals surface area (Å²) in [5.74, 6) is -1.61. The molecule has 6 nitrogen and oxygen atoms in total. The van der Waals surface area contributed by atoms with Crippen molar-refractivity contribution < 1.29 is 19.5 Å². The molecule has 1 saturated carbocycles. The summed E-state index contributed by atoms with van der Waals surface area (Å²) in [5, 5.41) is 11.9. The largest absolute Gasteiger partial charge is 0.481 e. The van der Waals surface area contributed by atoms with E-state index in [0.29, 0.717) is 19.4 Å². The Hall–Kier alpha value is -2.37. The van der Waals surface area contributed by atoms with Gasteiger partial charge < -0.3 is 15.3 Å². The van der Waals surface area contributed by atoms with Crippen molar-refractivity contribution in [1.29, 1.82) is 0 Å². The molecule has 1 atom stereocenters. The molecule has 1 saturated heterocycles. The second-order valence-electron chi connectivity index (χ2n) is 6.93. The number of benzene rings is 1. The van der Waals surface area contributed by atoms with Gasteiger partial charge >= 0.3 is 5.97 Å². The molecule has 2 fully saturated rings. The zero-order valence-electron chi connectivity index (χ0n) is 13.7. The van der Waals surface area contributed by atoms with Gasteiger partial charge in [-0.2, -0.15) is 0 Å². The average molecular weight is 330 g/mol. The molecule has 0 bridgehead atoms. The number of carbonyl (C=O) groups excluding carboxylic acids is 2. The molecule has 1 aliphatic carbocycles. The molecule has 1 aromatic carbocycles. The van der Waals surface area contributed by atoms with Crippen molar-refractivity contribution in [2.75, 3.05) is 11.4 Å². The van der Waals surface area contributed by atoms with Crippen LogP contribution >= 0.6 is 0 Å². The molecule has 3 rings (SSSR count). The fourth-order valence-electron chi connectivity index (χ4n) is 3.46. The molecule has 2 amide bonds. The number of carbonyl (C=O) groups is 3. The highest BCUT2D eigenvalue weighted by Gasteiger charge is 2.43. The predicted octanol–water partition coefficient (Wildman–Crippen LogP) is 1.86. The Bertz CT molecular complexity index is 664. The predicted molar refractivity (Wildman–Crippen MR) is 88.6 cm³/mol. The normalized spacial score (nSPS) is 22.1. The minimum absolute atomic E-state index is 0.0545. The molecule has 128 valence electrons. The van der Waals surface area contributed by atoms with Gasteiger partial charge in [0.2, 0.25) is 11.8 Å². The van der Waals surface area contributed by atoms with E-state index in [1.807, 2.05) is 31.2 Å².